The number of hydrogen-bond acceptors (Lipinski definition) is 3. The first-order valence-corrected chi connectivity index (χ1v) is 6.45. The van der Waals surface area contributed by atoms with E-state index in [0.717, 1.165) is 11.1 Å². The zero-order valence-corrected chi connectivity index (χ0v) is 11.6. The van der Waals surface area contributed by atoms with Gasteiger partial charge in [0, 0.05) is 11.8 Å². The highest BCUT2D eigenvalue weighted by molar-refractivity contribution is 5.86. The molecule has 6 nitrogen and oxygen atoms in total. The number of aromatic nitrogens is 2. The fourth-order valence-electron chi connectivity index (χ4n) is 1.74. The van der Waals surface area contributed by atoms with E-state index in [0.29, 0.717) is 5.69 Å². The highest BCUT2D eigenvalue weighted by Crippen LogP contribution is 2.04. The molecule has 108 valence electrons. The molecule has 21 heavy (non-hydrogen) atoms. The molecule has 0 spiro atoms. The molecule has 0 saturated carbocycles. The monoisotopic (exact) mass is 284 g/mol. The molecule has 1 amide bonds. The average molecular weight is 284 g/mol. The van der Waals surface area contributed by atoms with Gasteiger partial charge in [-0.15, -0.1) is 0 Å². The molecule has 3 N–H and O–H groups in total. The third kappa shape index (κ3) is 4.94. The number of benzene rings is 1. The van der Waals surface area contributed by atoms with Crippen molar-refractivity contribution in [2.75, 3.05) is 0 Å². The van der Waals surface area contributed by atoms with E-state index in [1.54, 1.807) is 6.21 Å². The number of aromatic amines is 2. The molecule has 0 aliphatic carbocycles. The number of rotatable bonds is 5. The van der Waals surface area contributed by atoms with Crippen LogP contribution >= 0.6 is 0 Å². The Morgan fingerprint density at radius 2 is 2.05 bits per heavy atom. The summed E-state index contributed by atoms with van der Waals surface area (Å²) in [6.07, 6.45) is 3.60. The first-order chi connectivity index (χ1) is 10.1. The summed E-state index contributed by atoms with van der Waals surface area (Å²) in [5.41, 5.74) is 4.65. The number of allylic oxidation sites excluding steroid dienone is 1. The number of hydrogen-bond donors (Lipinski definition) is 3. The third-order valence-electron chi connectivity index (χ3n) is 2.65. The molecule has 1 aromatic carbocycles. The van der Waals surface area contributed by atoms with Gasteiger partial charge in [0.05, 0.1) is 12.6 Å². The van der Waals surface area contributed by atoms with Gasteiger partial charge in [-0.1, -0.05) is 36.4 Å². The van der Waals surface area contributed by atoms with Crippen LogP contribution in [-0.4, -0.2) is 22.3 Å². The summed E-state index contributed by atoms with van der Waals surface area (Å²) in [4.78, 5) is 22.5. The smallest absolute Gasteiger partial charge is 0.264 e. The van der Waals surface area contributed by atoms with E-state index in [1.807, 2.05) is 43.3 Å². The van der Waals surface area contributed by atoms with Crippen molar-refractivity contribution in [3.8, 4) is 0 Å². The van der Waals surface area contributed by atoms with E-state index in [2.05, 4.69) is 20.7 Å². The Hall–Kier alpha value is -2.89. The van der Waals surface area contributed by atoms with Crippen molar-refractivity contribution in [3.05, 3.63) is 63.6 Å². The number of carbonyl (C=O) groups excluding carboxylic acids is 1. The molecular weight excluding hydrogens is 268 g/mol. The summed E-state index contributed by atoms with van der Waals surface area (Å²) < 4.78 is 0. The molecule has 6 heteroatoms. The molecule has 0 saturated heterocycles. The zero-order chi connectivity index (χ0) is 15.1. The Morgan fingerprint density at radius 3 is 2.71 bits per heavy atom. The Morgan fingerprint density at radius 1 is 1.29 bits per heavy atom. The minimum absolute atomic E-state index is 0.0670. The SMILES string of the molecule is CC(/C=N\NC(=O)Cc1cc(=O)[nH][nH]1)=C\c1ccccc1. The summed E-state index contributed by atoms with van der Waals surface area (Å²) in [6, 6.07) is 11.2. The van der Waals surface area contributed by atoms with Crippen molar-refractivity contribution >= 4 is 18.2 Å². The minimum Gasteiger partial charge on any atom is -0.302 e. The van der Waals surface area contributed by atoms with E-state index >= 15 is 0 Å². The maximum Gasteiger partial charge on any atom is 0.264 e. The van der Waals surface area contributed by atoms with E-state index in [4.69, 9.17) is 0 Å². The van der Waals surface area contributed by atoms with Crippen molar-refractivity contribution < 1.29 is 4.79 Å². The fraction of sp³-hybridized carbons (Fsp3) is 0.133. The van der Waals surface area contributed by atoms with Crippen molar-refractivity contribution in [1.82, 2.24) is 15.6 Å². The van der Waals surface area contributed by atoms with Gasteiger partial charge in [-0.2, -0.15) is 5.10 Å². The van der Waals surface area contributed by atoms with Gasteiger partial charge in [0.15, 0.2) is 0 Å². The van der Waals surface area contributed by atoms with Crippen molar-refractivity contribution in [2.24, 2.45) is 5.10 Å². The van der Waals surface area contributed by atoms with Gasteiger partial charge < -0.3 is 5.10 Å². The van der Waals surface area contributed by atoms with Gasteiger partial charge in [-0.25, -0.2) is 5.43 Å². The summed E-state index contributed by atoms with van der Waals surface area (Å²) in [5, 5.41) is 8.85. The number of nitrogens with zero attached hydrogens (tertiary/aromatic N) is 1. The van der Waals surface area contributed by atoms with Crippen LogP contribution in [0.3, 0.4) is 0 Å². The molecule has 2 aromatic rings. The molecule has 0 atom stereocenters. The fourth-order valence-corrected chi connectivity index (χ4v) is 1.74. The topological polar surface area (TPSA) is 90.1 Å². The molecule has 0 aliphatic rings. The Balaban J connectivity index is 1.85. The molecular formula is C15H16N4O2. The standard InChI is InChI=1S/C15H16N4O2/c1-11(7-12-5-3-2-4-6-12)10-16-18-14(20)8-13-9-15(21)19-17-13/h2-7,9-10H,8H2,1H3,(H,18,20)(H2,17,19,21)/b11-7+,16-10-. The van der Waals surface area contributed by atoms with Gasteiger partial charge in [0.25, 0.3) is 5.56 Å². The van der Waals surface area contributed by atoms with E-state index < -0.39 is 0 Å². The average Bonchev–Trinajstić information content (AvgIpc) is 2.85. The second-order valence-corrected chi connectivity index (χ2v) is 4.55. The largest absolute Gasteiger partial charge is 0.302 e. The molecule has 0 fully saturated rings. The normalized spacial score (nSPS) is 11.8. The van der Waals surface area contributed by atoms with Crippen LogP contribution in [0.4, 0.5) is 0 Å². The van der Waals surface area contributed by atoms with Crippen LogP contribution in [0.2, 0.25) is 0 Å². The number of H-pyrrole nitrogens is 2. The molecule has 1 heterocycles. The predicted octanol–water partition coefficient (Wildman–Crippen LogP) is 1.45. The third-order valence-corrected chi connectivity index (χ3v) is 2.65. The maximum atomic E-state index is 11.6. The highest BCUT2D eigenvalue weighted by atomic mass is 16.2. The molecule has 0 unspecified atom stereocenters. The van der Waals surface area contributed by atoms with Crippen LogP contribution < -0.4 is 11.0 Å². The van der Waals surface area contributed by atoms with E-state index in [-0.39, 0.29) is 17.9 Å². The highest BCUT2D eigenvalue weighted by Gasteiger charge is 2.03. The number of amides is 1. The number of carbonyl (C=O) groups is 1. The van der Waals surface area contributed by atoms with Crippen LogP contribution in [-0.2, 0) is 11.2 Å². The Kier molecular flexibility index (Phi) is 4.87. The van der Waals surface area contributed by atoms with Crippen LogP contribution in [0, 0.1) is 0 Å². The van der Waals surface area contributed by atoms with Gasteiger partial charge in [-0.3, -0.25) is 14.7 Å². The lowest BCUT2D eigenvalue weighted by Gasteiger charge is -1.98. The van der Waals surface area contributed by atoms with Crippen LogP contribution in [0.25, 0.3) is 6.08 Å². The molecule has 0 aliphatic heterocycles. The van der Waals surface area contributed by atoms with Crippen LogP contribution in [0.1, 0.15) is 18.2 Å². The lowest BCUT2D eigenvalue weighted by molar-refractivity contribution is -0.120. The Labute approximate surface area is 121 Å². The van der Waals surface area contributed by atoms with Crippen molar-refractivity contribution in [3.63, 3.8) is 0 Å². The first kappa shape index (κ1) is 14.5. The number of hydrazone groups is 1. The lowest BCUT2D eigenvalue weighted by Crippen LogP contribution is -2.20. The van der Waals surface area contributed by atoms with Gasteiger partial charge in [0.2, 0.25) is 5.91 Å². The van der Waals surface area contributed by atoms with Crippen LogP contribution in [0.5, 0.6) is 0 Å². The summed E-state index contributed by atoms with van der Waals surface area (Å²) in [6.45, 7) is 1.90. The molecule has 0 radical (unpaired) electrons. The maximum absolute atomic E-state index is 11.6. The van der Waals surface area contributed by atoms with E-state index in [9.17, 15) is 9.59 Å². The van der Waals surface area contributed by atoms with Crippen molar-refractivity contribution in [2.45, 2.75) is 13.3 Å². The Bertz CT molecular complexity index is 711. The van der Waals surface area contributed by atoms with Crippen LogP contribution in [0.15, 0.2) is 51.9 Å². The molecule has 1 aromatic heterocycles. The lowest BCUT2D eigenvalue weighted by atomic mass is 10.1. The minimum atomic E-state index is -0.297. The summed E-state index contributed by atoms with van der Waals surface area (Å²) in [7, 11) is 0. The second kappa shape index (κ2) is 7.04. The second-order valence-electron chi connectivity index (χ2n) is 4.55. The van der Waals surface area contributed by atoms with Gasteiger partial charge in [-0.05, 0) is 18.1 Å². The van der Waals surface area contributed by atoms with Gasteiger partial charge in [0.1, 0.15) is 0 Å². The van der Waals surface area contributed by atoms with Crippen molar-refractivity contribution in [1.29, 1.82) is 0 Å². The van der Waals surface area contributed by atoms with Gasteiger partial charge >= 0.3 is 0 Å². The molecule has 2 rings (SSSR count). The molecule has 0 bridgehead atoms. The summed E-state index contributed by atoms with van der Waals surface area (Å²) in [5.74, 6) is -0.297. The number of nitrogens with one attached hydrogen (secondary N) is 3. The predicted molar refractivity (Wildman–Crippen MR) is 81.8 cm³/mol. The quantitative estimate of drug-likeness (QED) is 0.573. The first-order valence-electron chi connectivity index (χ1n) is 6.45. The zero-order valence-electron chi connectivity index (χ0n) is 11.6. The van der Waals surface area contributed by atoms with E-state index in [1.165, 1.54) is 6.07 Å². The summed E-state index contributed by atoms with van der Waals surface area (Å²) >= 11 is 0.